The molecule has 7 heteroatoms. The number of hydrogen-bond donors (Lipinski definition) is 2. The van der Waals surface area contributed by atoms with Gasteiger partial charge in [0, 0.05) is 39.4 Å². The van der Waals surface area contributed by atoms with Crippen LogP contribution in [0.2, 0.25) is 0 Å². The Balaban J connectivity index is 2.30. The van der Waals surface area contributed by atoms with Gasteiger partial charge in [-0.3, -0.25) is 4.99 Å². The van der Waals surface area contributed by atoms with Gasteiger partial charge in [0.1, 0.15) is 11.6 Å². The third kappa shape index (κ3) is 8.79. The average molecular weight is 343 g/mol. The van der Waals surface area contributed by atoms with Crippen LogP contribution in [-0.2, 0) is 15.9 Å². The first-order chi connectivity index (χ1) is 11.7. The second-order valence-corrected chi connectivity index (χ2v) is 5.13. The third-order valence-electron chi connectivity index (χ3n) is 3.19. The van der Waals surface area contributed by atoms with Crippen molar-refractivity contribution in [1.29, 1.82) is 0 Å². The van der Waals surface area contributed by atoms with Gasteiger partial charge >= 0.3 is 0 Å². The van der Waals surface area contributed by atoms with Crippen LogP contribution in [-0.4, -0.2) is 52.5 Å². The summed E-state index contributed by atoms with van der Waals surface area (Å²) in [4.78, 5) is 4.43. The lowest BCUT2D eigenvalue weighted by Crippen LogP contribution is -2.38. The van der Waals surface area contributed by atoms with Gasteiger partial charge in [0.05, 0.1) is 13.2 Å². The second kappa shape index (κ2) is 12.7. The lowest BCUT2D eigenvalue weighted by molar-refractivity contribution is 0.0702. The van der Waals surface area contributed by atoms with Gasteiger partial charge in [-0.15, -0.1) is 0 Å². The highest BCUT2D eigenvalue weighted by Gasteiger charge is 2.04. The normalized spacial score (nSPS) is 11.6. The van der Waals surface area contributed by atoms with Crippen molar-refractivity contribution in [1.82, 2.24) is 10.6 Å². The van der Waals surface area contributed by atoms with Crippen molar-refractivity contribution in [3.8, 4) is 0 Å². The first-order valence-corrected chi connectivity index (χ1v) is 8.20. The molecule has 1 rings (SSSR count). The zero-order chi connectivity index (χ0) is 17.6. The van der Waals surface area contributed by atoms with E-state index in [1.165, 1.54) is 12.1 Å². The molecule has 0 aliphatic rings. The molecule has 0 atom stereocenters. The number of hydrogen-bond acceptors (Lipinski definition) is 3. The highest BCUT2D eigenvalue weighted by Crippen LogP contribution is 2.09. The van der Waals surface area contributed by atoms with Crippen molar-refractivity contribution in [3.63, 3.8) is 0 Å². The standard InChI is InChI=1S/C17H27F2N3O2/c1-3-20-17(21-8-4-10-24-12-11-23-2)22-9-7-14-5-6-15(18)13-16(14)19/h5-6,13H,3-4,7-12H2,1-2H3,(H2,20,21,22). The molecule has 0 radical (unpaired) electrons. The minimum Gasteiger partial charge on any atom is -0.382 e. The molecule has 0 amide bonds. The van der Waals surface area contributed by atoms with E-state index in [1.807, 2.05) is 6.92 Å². The summed E-state index contributed by atoms with van der Waals surface area (Å²) in [6.45, 7) is 5.67. The van der Waals surface area contributed by atoms with E-state index >= 15 is 0 Å². The van der Waals surface area contributed by atoms with Crippen molar-refractivity contribution in [2.45, 2.75) is 19.8 Å². The van der Waals surface area contributed by atoms with Gasteiger partial charge in [0.2, 0.25) is 0 Å². The lowest BCUT2D eigenvalue weighted by Gasteiger charge is -2.11. The number of rotatable bonds is 11. The van der Waals surface area contributed by atoms with E-state index in [9.17, 15) is 8.78 Å². The fraction of sp³-hybridized carbons (Fsp3) is 0.588. The fourth-order valence-electron chi connectivity index (χ4n) is 1.98. The zero-order valence-electron chi connectivity index (χ0n) is 14.4. The number of methoxy groups -OCH3 is 1. The molecule has 0 fully saturated rings. The van der Waals surface area contributed by atoms with E-state index in [2.05, 4.69) is 15.6 Å². The van der Waals surface area contributed by atoms with Crippen LogP contribution in [0.4, 0.5) is 8.78 Å². The molecule has 0 heterocycles. The summed E-state index contributed by atoms with van der Waals surface area (Å²) in [6, 6.07) is 3.63. The quantitative estimate of drug-likeness (QED) is 0.367. The summed E-state index contributed by atoms with van der Waals surface area (Å²) < 4.78 is 36.7. The number of guanidine groups is 1. The van der Waals surface area contributed by atoms with Crippen LogP contribution in [0.15, 0.2) is 23.2 Å². The average Bonchev–Trinajstić information content (AvgIpc) is 2.56. The van der Waals surface area contributed by atoms with E-state index in [1.54, 1.807) is 7.11 Å². The number of ether oxygens (including phenoxy) is 2. The monoisotopic (exact) mass is 343 g/mol. The minimum absolute atomic E-state index is 0.455. The van der Waals surface area contributed by atoms with Gasteiger partial charge < -0.3 is 20.1 Å². The Kier molecular flexibility index (Phi) is 10.7. The van der Waals surface area contributed by atoms with Gasteiger partial charge in [0.25, 0.3) is 0 Å². The highest BCUT2D eigenvalue weighted by molar-refractivity contribution is 5.79. The molecule has 0 spiro atoms. The summed E-state index contributed by atoms with van der Waals surface area (Å²) in [5, 5.41) is 6.27. The first-order valence-electron chi connectivity index (χ1n) is 8.20. The maximum absolute atomic E-state index is 13.6. The maximum Gasteiger partial charge on any atom is 0.191 e. The zero-order valence-corrected chi connectivity index (χ0v) is 14.4. The molecule has 0 aliphatic carbocycles. The number of aliphatic imine (C=N–C) groups is 1. The molecule has 0 aliphatic heterocycles. The Bertz CT molecular complexity index is 499. The van der Waals surface area contributed by atoms with Gasteiger partial charge in [0.15, 0.2) is 5.96 Å². The van der Waals surface area contributed by atoms with Crippen molar-refractivity contribution >= 4 is 5.96 Å². The summed E-state index contributed by atoms with van der Waals surface area (Å²) in [5.41, 5.74) is 0.478. The van der Waals surface area contributed by atoms with Crippen LogP contribution in [0.25, 0.3) is 0 Å². The summed E-state index contributed by atoms with van der Waals surface area (Å²) in [7, 11) is 1.64. The number of nitrogens with one attached hydrogen (secondary N) is 2. The number of benzene rings is 1. The van der Waals surface area contributed by atoms with E-state index in [4.69, 9.17) is 9.47 Å². The summed E-state index contributed by atoms with van der Waals surface area (Å²) >= 11 is 0. The Morgan fingerprint density at radius 1 is 1.17 bits per heavy atom. The van der Waals surface area contributed by atoms with E-state index in [0.717, 1.165) is 19.0 Å². The molecule has 1 aromatic rings. The Morgan fingerprint density at radius 2 is 2.00 bits per heavy atom. The molecule has 136 valence electrons. The molecule has 5 nitrogen and oxygen atoms in total. The van der Waals surface area contributed by atoms with Gasteiger partial charge in [-0.2, -0.15) is 0 Å². The smallest absolute Gasteiger partial charge is 0.191 e. The summed E-state index contributed by atoms with van der Waals surface area (Å²) in [6.07, 6.45) is 1.27. The van der Waals surface area contributed by atoms with Crippen LogP contribution in [0.3, 0.4) is 0 Å². The SMILES string of the molecule is CCNC(=NCCCOCCOC)NCCc1ccc(F)cc1F. The van der Waals surface area contributed by atoms with Crippen LogP contribution in [0.1, 0.15) is 18.9 Å². The van der Waals surface area contributed by atoms with E-state index in [0.29, 0.717) is 50.9 Å². The topological polar surface area (TPSA) is 54.9 Å². The molecule has 0 saturated carbocycles. The molecule has 0 aromatic heterocycles. The molecule has 0 bridgehead atoms. The summed E-state index contributed by atoms with van der Waals surface area (Å²) in [5.74, 6) is -0.407. The maximum atomic E-state index is 13.6. The molecule has 24 heavy (non-hydrogen) atoms. The Labute approximate surface area is 142 Å². The van der Waals surface area contributed by atoms with Crippen molar-refractivity contribution < 1.29 is 18.3 Å². The van der Waals surface area contributed by atoms with Gasteiger partial charge in [-0.25, -0.2) is 8.78 Å². The molecular weight excluding hydrogens is 316 g/mol. The fourth-order valence-corrected chi connectivity index (χ4v) is 1.98. The van der Waals surface area contributed by atoms with Crippen LogP contribution >= 0.6 is 0 Å². The largest absolute Gasteiger partial charge is 0.382 e. The predicted molar refractivity (Wildman–Crippen MR) is 91.4 cm³/mol. The van der Waals surface area contributed by atoms with Crippen molar-refractivity contribution in [2.24, 2.45) is 4.99 Å². The highest BCUT2D eigenvalue weighted by atomic mass is 19.1. The lowest BCUT2D eigenvalue weighted by atomic mass is 10.1. The molecule has 1 aromatic carbocycles. The Hall–Kier alpha value is -1.73. The van der Waals surface area contributed by atoms with Gasteiger partial charge in [-0.05, 0) is 31.4 Å². The molecule has 2 N–H and O–H groups in total. The third-order valence-corrected chi connectivity index (χ3v) is 3.19. The van der Waals surface area contributed by atoms with Crippen molar-refractivity contribution in [2.75, 3.05) is 46.6 Å². The molecule has 0 unspecified atom stereocenters. The van der Waals surface area contributed by atoms with Crippen LogP contribution < -0.4 is 10.6 Å². The Morgan fingerprint density at radius 3 is 2.71 bits per heavy atom. The molecule has 0 saturated heterocycles. The number of nitrogens with zero attached hydrogens (tertiary/aromatic N) is 1. The van der Waals surface area contributed by atoms with Crippen molar-refractivity contribution in [3.05, 3.63) is 35.4 Å². The predicted octanol–water partition coefficient (Wildman–Crippen LogP) is 2.12. The van der Waals surface area contributed by atoms with E-state index < -0.39 is 11.6 Å². The van der Waals surface area contributed by atoms with Gasteiger partial charge in [-0.1, -0.05) is 6.07 Å². The second-order valence-electron chi connectivity index (χ2n) is 5.13. The first kappa shape index (κ1) is 20.3. The molecular formula is C17H27F2N3O2. The van der Waals surface area contributed by atoms with Crippen LogP contribution in [0, 0.1) is 11.6 Å². The van der Waals surface area contributed by atoms with E-state index in [-0.39, 0.29) is 0 Å². The van der Waals surface area contributed by atoms with Crippen LogP contribution in [0.5, 0.6) is 0 Å². The minimum atomic E-state index is -0.563. The number of halogens is 2.